The quantitative estimate of drug-likeness (QED) is 0.483. The Morgan fingerprint density at radius 3 is 2.64 bits per heavy atom. The smallest absolute Gasteiger partial charge is 0.350 e. The van der Waals surface area contributed by atoms with Gasteiger partial charge in [-0.25, -0.2) is 15.0 Å². The van der Waals surface area contributed by atoms with Gasteiger partial charge < -0.3 is 4.90 Å². The molecule has 3 heterocycles. The molecule has 0 fully saturated rings. The van der Waals surface area contributed by atoms with Gasteiger partial charge in [0.05, 0.1) is 16.9 Å². The molecule has 0 spiro atoms. The van der Waals surface area contributed by atoms with Gasteiger partial charge in [-0.3, -0.25) is 3.97 Å². The first-order chi connectivity index (χ1) is 11.8. The zero-order valence-electron chi connectivity index (χ0n) is 12.6. The van der Waals surface area contributed by atoms with Crippen LogP contribution in [0.4, 0.5) is 22.9 Å². The Labute approximate surface area is 149 Å². The van der Waals surface area contributed by atoms with Gasteiger partial charge in [-0.1, -0.05) is 11.6 Å². The van der Waals surface area contributed by atoms with Crippen LogP contribution in [0.5, 0.6) is 0 Å². The molecule has 0 aliphatic rings. The average Bonchev–Trinajstić information content (AvgIpc) is 2.91. The molecular formula is C14H10ClF4N5S. The first-order valence-electron chi connectivity index (χ1n) is 6.85. The van der Waals surface area contributed by atoms with Gasteiger partial charge in [0.25, 0.3) is 0 Å². The number of hydrogen-bond donors (Lipinski definition) is 0. The van der Waals surface area contributed by atoms with Crippen molar-refractivity contribution in [3.8, 4) is 11.4 Å². The van der Waals surface area contributed by atoms with Gasteiger partial charge in [0, 0.05) is 30.8 Å². The Hall–Kier alpha value is -2.07. The molecule has 0 N–H and O–H groups in total. The third-order valence-electron chi connectivity index (χ3n) is 3.40. The van der Waals surface area contributed by atoms with Crippen LogP contribution in [-0.4, -0.2) is 38.7 Å². The third kappa shape index (κ3) is 3.79. The minimum atomic E-state index is -4.37. The molecule has 3 aromatic heterocycles. The molecule has 3 aromatic rings. The van der Waals surface area contributed by atoms with Crippen LogP contribution in [0.1, 0.15) is 0 Å². The van der Waals surface area contributed by atoms with E-state index in [4.69, 9.17) is 11.6 Å². The summed E-state index contributed by atoms with van der Waals surface area (Å²) in [4.78, 5) is 12.8. The van der Waals surface area contributed by atoms with Crippen LogP contribution >= 0.6 is 23.9 Å². The van der Waals surface area contributed by atoms with E-state index in [1.807, 2.05) is 0 Å². The summed E-state index contributed by atoms with van der Waals surface area (Å²) < 4.78 is 52.3. The molecule has 3 rings (SSSR count). The molecule has 0 saturated heterocycles. The van der Waals surface area contributed by atoms with E-state index in [0.717, 1.165) is 11.2 Å². The molecule has 0 aliphatic heterocycles. The van der Waals surface area contributed by atoms with Crippen molar-refractivity contribution < 1.29 is 17.1 Å². The highest BCUT2D eigenvalue weighted by Gasteiger charge is 2.30. The molecule has 0 bridgehead atoms. The highest BCUT2D eigenvalue weighted by Crippen LogP contribution is 2.33. The Morgan fingerprint density at radius 2 is 1.96 bits per heavy atom. The molecule has 0 atom stereocenters. The maximum atomic E-state index is 13.5. The molecule has 0 unspecified atom stereocenters. The van der Waals surface area contributed by atoms with E-state index in [2.05, 4.69) is 15.0 Å². The number of nitrogens with zero attached hydrogens (tertiary/aromatic N) is 5. The number of hydrogen-bond acceptors (Lipinski definition) is 5. The van der Waals surface area contributed by atoms with Gasteiger partial charge >= 0.3 is 6.18 Å². The second kappa shape index (κ2) is 6.68. The number of halogens is 5. The number of alkyl halides is 3. The van der Waals surface area contributed by atoms with Crippen LogP contribution in [0, 0.1) is 0 Å². The summed E-state index contributed by atoms with van der Waals surface area (Å²) in [6.07, 6.45) is -1.76. The maximum absolute atomic E-state index is 13.5. The van der Waals surface area contributed by atoms with Gasteiger partial charge in [0.15, 0.2) is 12.3 Å². The first kappa shape index (κ1) is 17.7. The van der Waals surface area contributed by atoms with Crippen molar-refractivity contribution in [3.63, 3.8) is 0 Å². The van der Waals surface area contributed by atoms with Crippen molar-refractivity contribution in [3.05, 3.63) is 35.9 Å². The Morgan fingerprint density at radius 1 is 1.20 bits per heavy atom. The summed E-state index contributed by atoms with van der Waals surface area (Å²) in [7, 11) is 1.27. The van der Waals surface area contributed by atoms with E-state index in [0.29, 0.717) is 16.6 Å². The van der Waals surface area contributed by atoms with Crippen LogP contribution in [-0.2, 0) is 0 Å². The van der Waals surface area contributed by atoms with E-state index < -0.39 is 12.7 Å². The zero-order chi connectivity index (χ0) is 18.2. The van der Waals surface area contributed by atoms with E-state index in [1.165, 1.54) is 29.3 Å². The monoisotopic (exact) mass is 391 g/mol. The maximum Gasteiger partial charge on any atom is 0.405 e. The Kier molecular flexibility index (Phi) is 4.74. The van der Waals surface area contributed by atoms with E-state index in [-0.39, 0.29) is 29.0 Å². The first-order valence-corrected chi connectivity index (χ1v) is 7.90. The minimum Gasteiger partial charge on any atom is -0.350 e. The van der Waals surface area contributed by atoms with Crippen LogP contribution < -0.4 is 4.90 Å². The predicted molar refractivity (Wildman–Crippen MR) is 89.2 cm³/mol. The lowest BCUT2D eigenvalue weighted by Gasteiger charge is -2.20. The van der Waals surface area contributed by atoms with Gasteiger partial charge in [-0.05, 0) is 6.07 Å². The van der Waals surface area contributed by atoms with Crippen molar-refractivity contribution in [2.75, 3.05) is 18.5 Å². The highest BCUT2D eigenvalue weighted by atomic mass is 35.5. The number of fused-ring (bicyclic) bond motifs is 1. The lowest BCUT2D eigenvalue weighted by molar-refractivity contribution is -0.119. The topological polar surface area (TPSA) is 46.8 Å². The number of rotatable bonds is 4. The fourth-order valence-electron chi connectivity index (χ4n) is 2.35. The molecule has 0 radical (unpaired) electrons. The van der Waals surface area contributed by atoms with Crippen molar-refractivity contribution >= 4 is 40.7 Å². The fraction of sp³-hybridized carbons (Fsp3) is 0.214. The summed E-state index contributed by atoms with van der Waals surface area (Å²) in [6.45, 7) is -1.16. The molecule has 11 heteroatoms. The number of pyridine rings is 1. The summed E-state index contributed by atoms with van der Waals surface area (Å²) in [5.74, 6) is 0.0687. The van der Waals surface area contributed by atoms with Gasteiger partial charge in [0.1, 0.15) is 23.8 Å². The average molecular weight is 392 g/mol. The van der Waals surface area contributed by atoms with Gasteiger partial charge in [0.2, 0.25) is 0 Å². The van der Waals surface area contributed by atoms with Crippen LogP contribution in [0.25, 0.3) is 22.3 Å². The largest absolute Gasteiger partial charge is 0.405 e. The Bertz CT molecular complexity index is 914. The van der Waals surface area contributed by atoms with Crippen molar-refractivity contribution in [2.24, 2.45) is 0 Å². The standard InChI is InChI=1S/C14H10ClF4N5S/c1-23(6-14(16,17)18)13-3-9(21-7-22-13)11-2-8-5-20-12(15)4-10(8)24(11)25-19/h2-5,7H,6H2,1H3. The second-order valence-corrected chi connectivity index (χ2v) is 6.08. The van der Waals surface area contributed by atoms with Crippen molar-refractivity contribution in [1.82, 2.24) is 18.9 Å². The number of anilines is 1. The molecular weight excluding hydrogens is 382 g/mol. The normalized spacial score (nSPS) is 11.9. The molecule has 25 heavy (non-hydrogen) atoms. The Balaban J connectivity index is 2.05. The summed E-state index contributed by atoms with van der Waals surface area (Å²) in [6, 6.07) is 4.48. The molecule has 5 nitrogen and oxygen atoms in total. The third-order valence-corrected chi connectivity index (χ3v) is 4.14. The molecule has 132 valence electrons. The van der Waals surface area contributed by atoms with Crippen molar-refractivity contribution in [2.45, 2.75) is 6.18 Å². The second-order valence-electron chi connectivity index (χ2n) is 5.19. The molecule has 0 aromatic carbocycles. The minimum absolute atomic E-state index is 0.0644. The van der Waals surface area contributed by atoms with E-state index >= 15 is 0 Å². The van der Waals surface area contributed by atoms with Crippen LogP contribution in [0.3, 0.4) is 0 Å². The van der Waals surface area contributed by atoms with Crippen LogP contribution in [0.2, 0.25) is 5.15 Å². The molecule has 0 saturated carbocycles. The zero-order valence-corrected chi connectivity index (χ0v) is 14.2. The number of aromatic nitrogens is 4. The lowest BCUT2D eigenvalue weighted by atomic mass is 10.2. The predicted octanol–water partition coefficient (Wildman–Crippen LogP) is 4.53. The summed E-state index contributed by atoms with van der Waals surface area (Å²) in [5, 5.41) is 0.814. The summed E-state index contributed by atoms with van der Waals surface area (Å²) in [5.41, 5.74) is 1.11. The fourth-order valence-corrected chi connectivity index (χ4v) is 2.96. The van der Waals surface area contributed by atoms with E-state index in [1.54, 1.807) is 6.07 Å². The molecule has 0 amide bonds. The van der Waals surface area contributed by atoms with Gasteiger partial charge in [-0.2, -0.15) is 13.2 Å². The van der Waals surface area contributed by atoms with Gasteiger partial charge in [-0.15, -0.1) is 3.89 Å². The van der Waals surface area contributed by atoms with Crippen LogP contribution in [0.15, 0.2) is 30.7 Å². The highest BCUT2D eigenvalue weighted by molar-refractivity contribution is 7.93. The molecule has 0 aliphatic carbocycles. The lowest BCUT2D eigenvalue weighted by Crippen LogP contribution is -2.31. The summed E-state index contributed by atoms with van der Waals surface area (Å²) >= 11 is 5.77. The van der Waals surface area contributed by atoms with E-state index in [9.17, 15) is 17.1 Å². The van der Waals surface area contributed by atoms with Crippen molar-refractivity contribution in [1.29, 1.82) is 0 Å². The SMILES string of the molecule is CN(CC(F)(F)F)c1cc(-c2cc3cnc(Cl)cc3n2SF)ncn1.